The lowest BCUT2D eigenvalue weighted by Gasteiger charge is -2.45. The molecule has 2 aliphatic rings. The van der Waals surface area contributed by atoms with Crippen molar-refractivity contribution >= 4 is 37.5 Å². The molecule has 0 saturated heterocycles. The van der Waals surface area contributed by atoms with Crippen molar-refractivity contribution in [2.45, 2.75) is 136 Å². The zero-order valence-corrected chi connectivity index (χ0v) is 40.3. The minimum Gasteiger partial charge on any atom is -0.425 e. The Morgan fingerprint density at radius 2 is 1.13 bits per heavy atom. The molecule has 0 aliphatic heterocycles. The Kier molecular flexibility index (Phi) is 17.3. The molecule has 0 heterocycles. The average molecular weight is 997 g/mol. The number of sulfonamides is 2. The topological polar surface area (TPSA) is 276 Å². The van der Waals surface area contributed by atoms with Crippen molar-refractivity contribution in [3.63, 3.8) is 0 Å². The Morgan fingerprint density at radius 3 is 1.57 bits per heavy atom. The summed E-state index contributed by atoms with van der Waals surface area (Å²) in [4.78, 5) is 49.4. The summed E-state index contributed by atoms with van der Waals surface area (Å²) < 4.78 is 64.7. The Labute approximate surface area is 401 Å². The molecular weight excluding hydrogens is 937 g/mol. The Bertz CT molecular complexity index is 2610. The molecule has 22 heteroatoms. The number of carbonyl (C=O) groups is 1. The van der Waals surface area contributed by atoms with Crippen LogP contribution in [0.2, 0.25) is 0 Å². The first kappa shape index (κ1) is 52.9. The fourth-order valence-electron chi connectivity index (χ4n) is 8.55. The number of non-ortho nitro benzene ring substituents is 2. The van der Waals surface area contributed by atoms with Crippen LogP contribution in [0.4, 0.5) is 16.2 Å². The molecule has 2 saturated carbocycles. The first-order chi connectivity index (χ1) is 32.6. The zero-order chi connectivity index (χ0) is 50.1. The van der Waals surface area contributed by atoms with Crippen LogP contribution in [0.25, 0.3) is 0 Å². The number of amides is 1. The van der Waals surface area contributed by atoms with Crippen molar-refractivity contribution in [2.24, 2.45) is 5.73 Å². The quantitative estimate of drug-likeness (QED) is 0.0436. The summed E-state index contributed by atoms with van der Waals surface area (Å²) in [5.41, 5.74) is 3.38. The number of aliphatic hydroxyl groups excluding tert-OH is 2. The predicted molar refractivity (Wildman–Crippen MR) is 252 cm³/mol. The smallest absolute Gasteiger partial charge is 0.412 e. The summed E-state index contributed by atoms with van der Waals surface area (Å²) in [6.07, 6.45) is -1.73. The van der Waals surface area contributed by atoms with E-state index in [1.54, 1.807) is 81.4 Å². The van der Waals surface area contributed by atoms with Crippen LogP contribution in [0.3, 0.4) is 0 Å². The van der Waals surface area contributed by atoms with Crippen molar-refractivity contribution in [3.05, 3.63) is 141 Å². The molecule has 69 heavy (non-hydrogen) atoms. The van der Waals surface area contributed by atoms with Crippen LogP contribution < -0.4 is 5.73 Å². The number of nitrogens with two attached hydrogens (primary N) is 1. The lowest BCUT2D eigenvalue weighted by Crippen LogP contribution is -2.64. The number of aliphatic hydroxyl groups is 2. The monoisotopic (exact) mass is 996 g/mol. The van der Waals surface area contributed by atoms with Crippen LogP contribution in [0.5, 0.6) is 0 Å². The first-order valence-electron chi connectivity index (χ1n) is 22.7. The highest BCUT2D eigenvalue weighted by Crippen LogP contribution is 2.33. The summed E-state index contributed by atoms with van der Waals surface area (Å²) in [5, 5.41) is 48.1. The number of nitro benzene ring substituents is 2. The van der Waals surface area contributed by atoms with Crippen molar-refractivity contribution in [1.29, 1.82) is 0 Å². The molecule has 374 valence electrons. The van der Waals surface area contributed by atoms with Gasteiger partial charge >= 0.3 is 6.09 Å². The van der Waals surface area contributed by atoms with Crippen LogP contribution in [-0.2, 0) is 47.3 Å². The summed E-state index contributed by atoms with van der Waals surface area (Å²) in [6, 6.07) is 24.5. The minimum atomic E-state index is -4.75. The van der Waals surface area contributed by atoms with Crippen LogP contribution in [0.1, 0.15) is 83.3 Å². The summed E-state index contributed by atoms with van der Waals surface area (Å²) >= 11 is 0. The van der Waals surface area contributed by atoms with Gasteiger partial charge in [-0.2, -0.15) is 0 Å². The maximum Gasteiger partial charge on any atom is 0.412 e. The van der Waals surface area contributed by atoms with Gasteiger partial charge in [0.2, 0.25) is 0 Å². The van der Waals surface area contributed by atoms with Gasteiger partial charge in [0.1, 0.15) is 6.10 Å². The first-order valence-corrected chi connectivity index (χ1v) is 25.6. The minimum absolute atomic E-state index is 0.0915. The third-order valence-electron chi connectivity index (χ3n) is 12.1. The van der Waals surface area contributed by atoms with Crippen LogP contribution in [-0.4, -0.2) is 112 Å². The number of hydrogen-bond acceptors (Lipinski definition) is 15. The van der Waals surface area contributed by atoms with Crippen molar-refractivity contribution in [2.75, 3.05) is 13.1 Å². The molecule has 0 radical (unpaired) electrons. The molecule has 6 rings (SSSR count). The molecule has 1 amide bonds. The van der Waals surface area contributed by atoms with Gasteiger partial charge in [0.15, 0.2) is 5.72 Å². The zero-order valence-electron chi connectivity index (χ0n) is 38.7. The van der Waals surface area contributed by atoms with Gasteiger partial charge in [-0.15, -0.1) is 0 Å². The number of hydroxylamine groups is 2. The fourth-order valence-corrected chi connectivity index (χ4v) is 11.2. The maximum atomic E-state index is 15.2. The second-order valence-electron chi connectivity index (χ2n) is 18.4. The number of benzene rings is 4. The lowest BCUT2D eigenvalue weighted by atomic mass is 9.94. The van der Waals surface area contributed by atoms with Crippen molar-refractivity contribution in [1.82, 2.24) is 13.8 Å². The molecule has 4 aromatic carbocycles. The molecule has 4 aromatic rings. The molecule has 2 aliphatic carbocycles. The van der Waals surface area contributed by atoms with Crippen molar-refractivity contribution in [3.8, 4) is 0 Å². The molecule has 20 nitrogen and oxygen atoms in total. The SMILES string of the molecule is CC(C)(C)N(C(=O)O[C@@](N)(Cc1ccccc1)[C@H](O)CN(OC1CCCC1)S(=O)(=O)c1cccc([N+](=O)[O-])c1)[C@@H](Cc1ccccc1)[C@@H](O)CN(OC1CCCC1)S(=O)(=O)c1cccc([N+](=O)[O-])c1. The molecule has 0 aromatic heterocycles. The van der Waals surface area contributed by atoms with Gasteiger partial charge in [-0.05, 0) is 76.1 Å². The normalized spacial score (nSPS) is 17.3. The summed E-state index contributed by atoms with van der Waals surface area (Å²) in [7, 11) is -9.45. The van der Waals surface area contributed by atoms with Crippen LogP contribution >= 0.6 is 0 Å². The second-order valence-corrected chi connectivity index (χ2v) is 22.0. The van der Waals surface area contributed by atoms with E-state index in [2.05, 4.69) is 0 Å². The van der Waals surface area contributed by atoms with E-state index in [-0.39, 0.29) is 12.8 Å². The predicted octanol–water partition coefficient (Wildman–Crippen LogP) is 6.40. The van der Waals surface area contributed by atoms with E-state index >= 15 is 4.79 Å². The van der Waals surface area contributed by atoms with Gasteiger partial charge < -0.3 is 14.9 Å². The summed E-state index contributed by atoms with van der Waals surface area (Å²) in [5.74, 6) is 0. The largest absolute Gasteiger partial charge is 0.425 e. The number of rotatable bonds is 22. The molecular formula is C47H60N6O14S2. The number of hydrogen-bond donors (Lipinski definition) is 3. The third-order valence-corrected chi connectivity index (χ3v) is 15.4. The molecule has 0 unspecified atom stereocenters. The molecule has 2 fully saturated rings. The van der Waals surface area contributed by atoms with E-state index in [1.807, 2.05) is 0 Å². The molecule has 0 bridgehead atoms. The average Bonchev–Trinajstić information content (AvgIpc) is 4.04. The molecule has 4 atom stereocenters. The van der Waals surface area contributed by atoms with Gasteiger partial charge in [-0.1, -0.05) is 107 Å². The van der Waals surface area contributed by atoms with Gasteiger partial charge in [0.25, 0.3) is 31.4 Å². The third kappa shape index (κ3) is 13.5. The van der Waals surface area contributed by atoms with Gasteiger partial charge in [0, 0.05) is 36.2 Å². The maximum absolute atomic E-state index is 15.2. The highest BCUT2D eigenvalue weighted by atomic mass is 32.2. The van der Waals surface area contributed by atoms with E-state index in [4.69, 9.17) is 20.1 Å². The second kappa shape index (κ2) is 22.5. The molecule has 4 N–H and O–H groups in total. The van der Waals surface area contributed by atoms with E-state index < -0.39 is 112 Å². The van der Waals surface area contributed by atoms with Crippen molar-refractivity contribution < 1.29 is 56.1 Å². The van der Waals surface area contributed by atoms with Gasteiger partial charge in [-0.25, -0.2) is 21.6 Å². The fraction of sp³-hybridized carbons (Fsp3) is 0.468. The van der Waals surface area contributed by atoms with Crippen LogP contribution in [0, 0.1) is 20.2 Å². The lowest BCUT2D eigenvalue weighted by molar-refractivity contribution is -0.385. The van der Waals surface area contributed by atoms with E-state index in [1.165, 1.54) is 23.1 Å². The number of nitro groups is 2. The Balaban J connectivity index is 1.39. The summed E-state index contributed by atoms with van der Waals surface area (Å²) in [6.45, 7) is 3.25. The highest BCUT2D eigenvalue weighted by molar-refractivity contribution is 7.89. The van der Waals surface area contributed by atoms with E-state index in [0.29, 0.717) is 45.7 Å². The number of carbonyl (C=O) groups excluding carboxylic acids is 1. The Morgan fingerprint density at radius 1 is 0.696 bits per heavy atom. The van der Waals surface area contributed by atoms with Gasteiger partial charge in [-0.3, -0.25) is 40.5 Å². The number of nitrogens with zero attached hydrogens (tertiary/aromatic N) is 5. The van der Waals surface area contributed by atoms with E-state index in [0.717, 1.165) is 56.0 Å². The van der Waals surface area contributed by atoms with Gasteiger partial charge in [0.05, 0.1) is 57.1 Å². The molecule has 0 spiro atoms. The van der Waals surface area contributed by atoms with E-state index in [9.17, 15) is 47.3 Å². The van der Waals surface area contributed by atoms with Crippen LogP contribution in [0.15, 0.2) is 119 Å². The Hall–Kier alpha value is -5.43. The number of ether oxygens (including phenoxy) is 1. The highest BCUT2D eigenvalue weighted by Gasteiger charge is 2.48. The standard InChI is InChI=1S/C47H60N6O14S2/c1-46(2,3)51(42(28-34-16-6-4-7-17-34)43(54)32-49(66-38-22-10-11-23-38)68(61,62)40-26-14-20-36(29-40)52(57)58)45(56)65-47(48,31-35-18-8-5-9-19-35)44(55)33-50(67-39-24-12-13-25-39)69(63,64)41-27-15-21-37(30-41)53(59)60/h4-9,14-21,26-27,29-30,38-39,42-44,54-55H,10-13,22-25,28,31-33,48H2,1-3H3/t42-,43-,44+,47-/m0/s1.